The number of ether oxygens (including phenoxy) is 5. The minimum absolute atomic E-state index is 0.0178. The maximum atomic E-state index is 12.5. The number of rotatable bonds is 15. The van der Waals surface area contributed by atoms with Gasteiger partial charge in [0.05, 0.1) is 25.9 Å². The number of nitrogens with zero attached hydrogens (tertiary/aromatic N) is 7. The average molecular weight is 816 g/mol. The van der Waals surface area contributed by atoms with E-state index in [0.717, 1.165) is 6.33 Å². The van der Waals surface area contributed by atoms with E-state index < -0.39 is 91.5 Å². The highest BCUT2D eigenvalue weighted by Crippen LogP contribution is 2.66. The van der Waals surface area contributed by atoms with Gasteiger partial charge in [-0.2, -0.15) is 13.6 Å². The third-order valence-corrected chi connectivity index (χ3v) is 11.5. The summed E-state index contributed by atoms with van der Waals surface area (Å²) in [5.41, 5.74) is 11.2. The molecular formula is C22H31N10O18P3. The van der Waals surface area contributed by atoms with Gasteiger partial charge in [-0.25, -0.2) is 33.6 Å². The Morgan fingerprint density at radius 2 is 1.53 bits per heavy atom. The van der Waals surface area contributed by atoms with E-state index in [9.17, 15) is 38.5 Å². The molecule has 11 N–H and O–H groups in total. The first-order valence-corrected chi connectivity index (χ1v) is 19.2. The van der Waals surface area contributed by atoms with Gasteiger partial charge in [0.2, 0.25) is 5.95 Å². The van der Waals surface area contributed by atoms with E-state index in [1.54, 1.807) is 0 Å². The lowest BCUT2D eigenvalue weighted by atomic mass is 10.1. The molecule has 2 saturated heterocycles. The highest BCUT2D eigenvalue weighted by molar-refractivity contribution is 7.66. The van der Waals surface area contributed by atoms with Crippen LogP contribution in [-0.2, 0) is 50.5 Å². The van der Waals surface area contributed by atoms with E-state index in [4.69, 9.17) is 49.5 Å². The zero-order valence-electron chi connectivity index (χ0n) is 26.7. The molecule has 0 aromatic carbocycles. The number of aromatic nitrogens is 8. The Hall–Kier alpha value is -3.37. The largest absolute Gasteiger partial charge is 0.490 e. The molecule has 4 aromatic rings. The Labute approximate surface area is 294 Å². The van der Waals surface area contributed by atoms with Gasteiger partial charge in [-0.15, -0.1) is 0 Å². The summed E-state index contributed by atoms with van der Waals surface area (Å²) in [4.78, 5) is 71.8. The SMILES string of the molecule is CO[C@@H]1[C@H](OCOC[C@H]2O[C@@H](n3cnc4c(=O)[nH]c(N)nc43)[C@H](O)[C@@H]2O)[C@@H](COP(=O)(O)OP(=O)(O)OP(=O)(O)O)O[C@H]1n1cnc2c(N)ncnc21. The van der Waals surface area contributed by atoms with Crippen LogP contribution in [0.1, 0.15) is 12.5 Å². The molecule has 2 fully saturated rings. The smallest absolute Gasteiger partial charge is 0.387 e. The Balaban J connectivity index is 1.15. The van der Waals surface area contributed by atoms with Crippen molar-refractivity contribution >= 4 is 57.6 Å². The summed E-state index contributed by atoms with van der Waals surface area (Å²) in [5.74, 6) is -0.189. The molecule has 0 amide bonds. The van der Waals surface area contributed by atoms with Crippen LogP contribution in [0.4, 0.5) is 11.8 Å². The van der Waals surface area contributed by atoms with E-state index in [-0.39, 0.29) is 40.7 Å². The van der Waals surface area contributed by atoms with Crippen molar-refractivity contribution in [1.82, 2.24) is 39.0 Å². The van der Waals surface area contributed by atoms with Crippen LogP contribution in [0.15, 0.2) is 23.8 Å². The van der Waals surface area contributed by atoms with Crippen molar-refractivity contribution in [3.63, 3.8) is 0 Å². The number of hydrogen-bond donors (Lipinski definition) is 9. The third-order valence-electron chi connectivity index (χ3n) is 7.72. The number of phosphoric ester groups is 1. The predicted octanol–water partition coefficient (Wildman–Crippen LogP) is -2.64. The summed E-state index contributed by atoms with van der Waals surface area (Å²) in [7, 11) is -15.8. The normalized spacial score (nSPS) is 28.8. The Morgan fingerprint density at radius 1 is 0.849 bits per heavy atom. The molecule has 31 heteroatoms. The number of nitrogens with one attached hydrogen (secondary N) is 1. The van der Waals surface area contributed by atoms with Crippen molar-refractivity contribution in [1.29, 1.82) is 0 Å². The van der Waals surface area contributed by atoms with Gasteiger partial charge in [-0.05, 0) is 0 Å². The number of aliphatic hydroxyl groups is 2. The zero-order valence-corrected chi connectivity index (χ0v) is 29.4. The highest BCUT2D eigenvalue weighted by Gasteiger charge is 2.50. The van der Waals surface area contributed by atoms with E-state index in [1.807, 2.05) is 0 Å². The summed E-state index contributed by atoms with van der Waals surface area (Å²) < 4.78 is 79.1. The lowest BCUT2D eigenvalue weighted by Crippen LogP contribution is -2.39. The lowest BCUT2D eigenvalue weighted by molar-refractivity contribution is -0.155. The first kappa shape index (κ1) is 39.3. The van der Waals surface area contributed by atoms with Gasteiger partial charge in [0.25, 0.3) is 5.56 Å². The third kappa shape index (κ3) is 8.49. The number of hydrogen-bond acceptors (Lipinski definition) is 21. The molecule has 0 aliphatic carbocycles. The molecule has 6 heterocycles. The number of aromatic amines is 1. The van der Waals surface area contributed by atoms with Crippen LogP contribution in [0, 0.1) is 0 Å². The zero-order chi connectivity index (χ0) is 38.5. The molecule has 6 rings (SSSR count). The van der Waals surface area contributed by atoms with Gasteiger partial charge < -0.3 is 64.9 Å². The van der Waals surface area contributed by atoms with Crippen LogP contribution in [0.25, 0.3) is 22.3 Å². The summed E-state index contributed by atoms with van der Waals surface area (Å²) in [5, 5.41) is 21.4. The van der Waals surface area contributed by atoms with Gasteiger partial charge in [-0.3, -0.25) is 23.4 Å². The molecule has 2 aliphatic heterocycles. The molecule has 292 valence electrons. The van der Waals surface area contributed by atoms with Crippen molar-refractivity contribution in [2.75, 3.05) is 38.6 Å². The number of phosphoric acid groups is 3. The number of nitrogens with two attached hydrogens (primary N) is 2. The average Bonchev–Trinajstić information content (AvgIpc) is 3.81. The first-order valence-electron chi connectivity index (χ1n) is 14.7. The van der Waals surface area contributed by atoms with Crippen molar-refractivity contribution < 1.29 is 80.3 Å². The molecule has 4 aromatic heterocycles. The molecule has 0 spiro atoms. The maximum absolute atomic E-state index is 12.5. The highest BCUT2D eigenvalue weighted by atomic mass is 31.3. The molecule has 2 aliphatic rings. The van der Waals surface area contributed by atoms with E-state index in [0.29, 0.717) is 0 Å². The minimum Gasteiger partial charge on any atom is -0.387 e. The Morgan fingerprint density at radius 3 is 2.23 bits per heavy atom. The quantitative estimate of drug-likeness (QED) is 0.0336. The second kappa shape index (κ2) is 15.0. The lowest BCUT2D eigenvalue weighted by Gasteiger charge is -2.24. The Bertz CT molecular complexity index is 2160. The molecule has 53 heavy (non-hydrogen) atoms. The van der Waals surface area contributed by atoms with Crippen molar-refractivity contribution in [2.45, 2.75) is 49.1 Å². The standard InChI is InChI=1S/C22H31N10O18P3/c1-43-15-14(45-7-44-2-8-12(33)13(34)20(47-8)32-6-28-11-18(32)29-22(24)30-19(11)35)9(3-46-52(39,40)50-53(41,42)49-51(36,37)38)48-21(15)31-5-27-10-16(23)25-4-26-17(10)31/h4-6,8-9,12-15,20-21,33-34H,2-3,7H2,1H3,(H,39,40)(H,41,42)(H2,23,25,26)(H2,36,37,38)(H3,24,29,30,35)/t8-,9-,12-,13-,14-,15-,20-,21-/m1/s1. The second-order valence-corrected chi connectivity index (χ2v) is 15.6. The number of imidazole rings is 2. The molecule has 2 unspecified atom stereocenters. The van der Waals surface area contributed by atoms with E-state index >= 15 is 0 Å². The number of methoxy groups -OCH3 is 1. The predicted molar refractivity (Wildman–Crippen MR) is 168 cm³/mol. The van der Waals surface area contributed by atoms with Gasteiger partial charge in [0, 0.05) is 7.11 Å². The number of H-pyrrole nitrogens is 1. The molecule has 10 atom stereocenters. The number of nitrogen functional groups attached to an aromatic ring is 2. The fraction of sp³-hybridized carbons (Fsp3) is 0.545. The van der Waals surface area contributed by atoms with Crippen LogP contribution in [-0.4, -0.2) is 133 Å². The van der Waals surface area contributed by atoms with Gasteiger partial charge >= 0.3 is 23.5 Å². The fourth-order valence-electron chi connectivity index (χ4n) is 5.56. The summed E-state index contributed by atoms with van der Waals surface area (Å²) in [6.45, 7) is -1.92. The van der Waals surface area contributed by atoms with Crippen molar-refractivity contribution in [3.05, 3.63) is 29.3 Å². The number of aliphatic hydroxyl groups excluding tert-OH is 2. The summed E-state index contributed by atoms with van der Waals surface area (Å²) >= 11 is 0. The number of anilines is 2. The molecule has 0 bridgehead atoms. The van der Waals surface area contributed by atoms with Crippen LogP contribution in [0.3, 0.4) is 0 Å². The summed E-state index contributed by atoms with van der Waals surface area (Å²) in [6.07, 6.45) is -6.75. The number of fused-ring (bicyclic) bond motifs is 2. The van der Waals surface area contributed by atoms with E-state index in [2.05, 4.69) is 38.5 Å². The minimum atomic E-state index is -5.83. The second-order valence-electron chi connectivity index (χ2n) is 11.2. The van der Waals surface area contributed by atoms with Crippen LogP contribution in [0.2, 0.25) is 0 Å². The van der Waals surface area contributed by atoms with Gasteiger partial charge in [0.15, 0.2) is 35.1 Å². The Kier molecular flexibility index (Phi) is 11.2. The van der Waals surface area contributed by atoms with Crippen LogP contribution < -0.4 is 17.0 Å². The maximum Gasteiger partial charge on any atom is 0.490 e. The van der Waals surface area contributed by atoms with Crippen molar-refractivity contribution in [3.8, 4) is 0 Å². The van der Waals surface area contributed by atoms with Gasteiger partial charge in [-0.1, -0.05) is 0 Å². The molecule has 28 nitrogen and oxygen atoms in total. The fourth-order valence-corrected chi connectivity index (χ4v) is 8.59. The van der Waals surface area contributed by atoms with Crippen LogP contribution >= 0.6 is 23.5 Å². The van der Waals surface area contributed by atoms with Crippen molar-refractivity contribution in [2.24, 2.45) is 0 Å². The molecule has 0 radical (unpaired) electrons. The topological polar surface area (TPSA) is 406 Å². The van der Waals surface area contributed by atoms with E-state index in [1.165, 1.54) is 28.9 Å². The molecule has 0 saturated carbocycles. The van der Waals surface area contributed by atoms with Crippen LogP contribution in [0.5, 0.6) is 0 Å². The first-order chi connectivity index (χ1) is 24.9. The van der Waals surface area contributed by atoms with Gasteiger partial charge in [0.1, 0.15) is 55.3 Å². The molecular weight excluding hydrogens is 785 g/mol. The summed E-state index contributed by atoms with van der Waals surface area (Å²) in [6, 6.07) is 0. The monoisotopic (exact) mass is 816 g/mol.